The van der Waals surface area contributed by atoms with Gasteiger partial charge >= 0.3 is 0 Å². The normalized spacial score (nSPS) is 20.4. The molecule has 0 saturated heterocycles. The van der Waals surface area contributed by atoms with E-state index in [0.29, 0.717) is 10.8 Å². The Labute approximate surface area is 102 Å². The van der Waals surface area contributed by atoms with Crippen molar-refractivity contribution in [2.75, 3.05) is 12.8 Å². The highest BCUT2D eigenvalue weighted by Crippen LogP contribution is 2.42. The van der Waals surface area contributed by atoms with Gasteiger partial charge in [-0.25, -0.2) is 0 Å². The summed E-state index contributed by atoms with van der Waals surface area (Å²) in [6.07, 6.45) is 9.10. The molecule has 2 rings (SSSR count). The maximum atomic E-state index is 5.36. The van der Waals surface area contributed by atoms with Crippen molar-refractivity contribution >= 4 is 11.8 Å². The Morgan fingerprint density at radius 1 is 1.56 bits per heavy atom. The molecule has 90 valence electrons. The molecular weight excluding hydrogens is 218 g/mol. The summed E-state index contributed by atoms with van der Waals surface area (Å²) in [5.74, 6) is 1.08. The van der Waals surface area contributed by atoms with Crippen LogP contribution in [0.2, 0.25) is 0 Å². The van der Waals surface area contributed by atoms with Gasteiger partial charge in [0.05, 0.1) is 6.26 Å². The van der Waals surface area contributed by atoms with E-state index in [2.05, 4.69) is 18.5 Å². The fourth-order valence-corrected chi connectivity index (χ4v) is 3.11. The van der Waals surface area contributed by atoms with Crippen molar-refractivity contribution in [1.29, 1.82) is 0 Å². The van der Waals surface area contributed by atoms with Gasteiger partial charge < -0.3 is 9.73 Å². The minimum Gasteiger partial charge on any atom is -0.469 e. The van der Waals surface area contributed by atoms with Gasteiger partial charge in [0.2, 0.25) is 0 Å². The van der Waals surface area contributed by atoms with Crippen molar-refractivity contribution < 1.29 is 4.42 Å². The van der Waals surface area contributed by atoms with Crippen LogP contribution < -0.4 is 5.32 Å². The van der Waals surface area contributed by atoms with Gasteiger partial charge in [0.15, 0.2) is 0 Å². The Morgan fingerprint density at radius 3 is 2.88 bits per heavy atom. The molecule has 0 radical (unpaired) electrons. The highest BCUT2D eigenvalue weighted by molar-refractivity contribution is 8.00. The summed E-state index contributed by atoms with van der Waals surface area (Å²) in [5.41, 5.74) is 0. The van der Waals surface area contributed by atoms with Gasteiger partial charge in [-0.05, 0) is 38.2 Å². The second-order valence-corrected chi connectivity index (χ2v) is 6.08. The summed E-state index contributed by atoms with van der Waals surface area (Å²) in [4.78, 5) is 0. The number of rotatable bonds is 6. The predicted molar refractivity (Wildman–Crippen MR) is 70.0 cm³/mol. The lowest BCUT2D eigenvalue weighted by molar-refractivity contribution is 0.329. The lowest BCUT2D eigenvalue weighted by Crippen LogP contribution is -2.46. The van der Waals surface area contributed by atoms with Gasteiger partial charge in [-0.1, -0.05) is 6.42 Å². The molecule has 1 aromatic rings. The maximum Gasteiger partial charge on any atom is 0.105 e. The van der Waals surface area contributed by atoms with Crippen molar-refractivity contribution in [1.82, 2.24) is 5.32 Å². The average molecular weight is 239 g/mol. The largest absolute Gasteiger partial charge is 0.469 e. The molecular formula is C13H21NOS. The van der Waals surface area contributed by atoms with Crippen molar-refractivity contribution in [3.05, 3.63) is 24.2 Å². The molecule has 1 fully saturated rings. The third-order valence-corrected chi connectivity index (χ3v) is 4.98. The van der Waals surface area contributed by atoms with Gasteiger partial charge in [0, 0.05) is 23.8 Å². The highest BCUT2D eigenvalue weighted by Gasteiger charge is 2.35. The topological polar surface area (TPSA) is 25.2 Å². The third-order valence-electron chi connectivity index (χ3n) is 3.56. The summed E-state index contributed by atoms with van der Waals surface area (Å²) < 4.78 is 5.88. The molecule has 1 atom stereocenters. The van der Waals surface area contributed by atoms with E-state index >= 15 is 0 Å². The number of furan rings is 1. The molecule has 1 aliphatic carbocycles. The van der Waals surface area contributed by atoms with Crippen LogP contribution in [0.15, 0.2) is 22.8 Å². The first-order chi connectivity index (χ1) is 7.74. The van der Waals surface area contributed by atoms with Crippen molar-refractivity contribution in [2.24, 2.45) is 0 Å². The molecule has 1 unspecified atom stereocenters. The lowest BCUT2D eigenvalue weighted by atomic mass is 9.84. The molecule has 3 heteroatoms. The van der Waals surface area contributed by atoms with Crippen LogP contribution >= 0.6 is 11.8 Å². The fraction of sp³-hybridized carbons (Fsp3) is 0.692. The van der Waals surface area contributed by atoms with Crippen molar-refractivity contribution in [2.45, 2.75) is 43.4 Å². The molecule has 2 nitrogen and oxygen atoms in total. The monoisotopic (exact) mass is 239 g/mol. The Morgan fingerprint density at radius 2 is 2.38 bits per heavy atom. The molecule has 1 N–H and O–H groups in total. The van der Waals surface area contributed by atoms with E-state index in [-0.39, 0.29) is 0 Å². The van der Waals surface area contributed by atoms with E-state index in [4.69, 9.17) is 4.42 Å². The molecule has 1 aliphatic rings. The van der Waals surface area contributed by atoms with E-state index in [1.807, 2.05) is 23.9 Å². The zero-order valence-corrected chi connectivity index (χ0v) is 11.0. The summed E-state index contributed by atoms with van der Waals surface area (Å²) in [6.45, 7) is 3.37. The van der Waals surface area contributed by atoms with Gasteiger partial charge in [0.25, 0.3) is 0 Å². The summed E-state index contributed by atoms with van der Waals surface area (Å²) in [6, 6.07) is 4.50. The molecule has 1 aromatic heterocycles. The Balaban J connectivity index is 1.73. The maximum absolute atomic E-state index is 5.36. The van der Waals surface area contributed by atoms with Gasteiger partial charge in [-0.3, -0.25) is 0 Å². The van der Waals surface area contributed by atoms with Gasteiger partial charge in [0.1, 0.15) is 5.76 Å². The first kappa shape index (κ1) is 12.1. The van der Waals surface area contributed by atoms with Gasteiger partial charge in [-0.15, -0.1) is 0 Å². The molecule has 0 aromatic carbocycles. The van der Waals surface area contributed by atoms with Crippen molar-refractivity contribution in [3.8, 4) is 0 Å². The van der Waals surface area contributed by atoms with Crippen LogP contribution in [0.3, 0.4) is 0 Å². The molecule has 0 aliphatic heterocycles. The molecule has 0 bridgehead atoms. The molecule has 0 spiro atoms. The molecule has 1 saturated carbocycles. The van der Waals surface area contributed by atoms with Crippen LogP contribution in [-0.4, -0.2) is 23.6 Å². The summed E-state index contributed by atoms with van der Waals surface area (Å²) >= 11 is 2.02. The minimum absolute atomic E-state index is 0.496. The predicted octanol–water partition coefficient (Wildman–Crippen LogP) is 3.09. The van der Waals surface area contributed by atoms with E-state index in [0.717, 1.165) is 18.7 Å². The highest BCUT2D eigenvalue weighted by atomic mass is 32.2. The number of hydrogen-bond acceptors (Lipinski definition) is 3. The standard InChI is InChI=1S/C13H21NOS/c1-11(9-12-5-3-8-15-12)14-10-13(16-2)6-4-7-13/h3,5,8,11,14H,4,6-7,9-10H2,1-2H3. The Hall–Kier alpha value is -0.410. The smallest absolute Gasteiger partial charge is 0.105 e. The Bertz CT molecular complexity index is 300. The van der Waals surface area contributed by atoms with Crippen molar-refractivity contribution in [3.63, 3.8) is 0 Å². The zero-order valence-electron chi connectivity index (χ0n) is 10.2. The number of hydrogen-bond donors (Lipinski definition) is 1. The first-order valence-corrected chi connectivity index (χ1v) is 7.27. The fourth-order valence-electron chi connectivity index (χ4n) is 2.19. The van der Waals surface area contributed by atoms with Crippen LogP contribution in [0.1, 0.15) is 31.9 Å². The van der Waals surface area contributed by atoms with Crippen LogP contribution in [0.25, 0.3) is 0 Å². The summed E-state index contributed by atoms with van der Waals surface area (Å²) in [7, 11) is 0. The van der Waals surface area contributed by atoms with E-state index < -0.39 is 0 Å². The van der Waals surface area contributed by atoms with E-state index in [9.17, 15) is 0 Å². The third kappa shape index (κ3) is 2.83. The number of nitrogens with one attached hydrogen (secondary N) is 1. The second kappa shape index (κ2) is 5.28. The van der Waals surface area contributed by atoms with Crippen LogP contribution in [-0.2, 0) is 6.42 Å². The van der Waals surface area contributed by atoms with Crippen LogP contribution in [0.5, 0.6) is 0 Å². The molecule has 16 heavy (non-hydrogen) atoms. The minimum atomic E-state index is 0.496. The van der Waals surface area contributed by atoms with E-state index in [1.165, 1.54) is 19.3 Å². The Kier molecular flexibility index (Phi) is 3.98. The summed E-state index contributed by atoms with van der Waals surface area (Å²) in [5, 5.41) is 3.63. The molecule has 0 amide bonds. The SMILES string of the molecule is CSC1(CNC(C)Cc2ccco2)CCC1. The first-order valence-electron chi connectivity index (χ1n) is 6.05. The number of thioether (sulfide) groups is 1. The zero-order chi connectivity index (χ0) is 11.4. The van der Waals surface area contributed by atoms with Gasteiger partial charge in [-0.2, -0.15) is 11.8 Å². The van der Waals surface area contributed by atoms with E-state index in [1.54, 1.807) is 6.26 Å². The quantitative estimate of drug-likeness (QED) is 0.826. The van der Waals surface area contributed by atoms with Crippen LogP contribution in [0, 0.1) is 0 Å². The van der Waals surface area contributed by atoms with Crippen LogP contribution in [0.4, 0.5) is 0 Å². The molecule has 1 heterocycles. The second-order valence-electron chi connectivity index (χ2n) is 4.81. The average Bonchev–Trinajstić information content (AvgIpc) is 2.69. The lowest BCUT2D eigenvalue weighted by Gasteiger charge is -2.41.